The van der Waals surface area contributed by atoms with Crippen LogP contribution in [0.1, 0.15) is 25.3 Å². The maximum absolute atomic E-state index is 13.4. The maximum Gasteiger partial charge on any atom is 0.418 e. The van der Waals surface area contributed by atoms with E-state index in [-0.39, 0.29) is 28.8 Å². The van der Waals surface area contributed by atoms with Crippen LogP contribution in [0.15, 0.2) is 24.5 Å². The highest BCUT2D eigenvalue weighted by atomic mass is 19.4. The fraction of sp³-hybridized carbons (Fsp3) is 0.571. The fourth-order valence-electron chi connectivity index (χ4n) is 4.66. The molecule has 2 aliphatic heterocycles. The van der Waals surface area contributed by atoms with E-state index in [2.05, 4.69) is 16.9 Å². The van der Waals surface area contributed by atoms with E-state index in [1.54, 1.807) is 0 Å². The van der Waals surface area contributed by atoms with Gasteiger partial charge >= 0.3 is 6.18 Å². The molecule has 1 aromatic carbocycles. The van der Waals surface area contributed by atoms with E-state index in [1.807, 2.05) is 9.80 Å². The van der Waals surface area contributed by atoms with Gasteiger partial charge in [-0.15, -0.1) is 0 Å². The van der Waals surface area contributed by atoms with Crippen LogP contribution in [0.4, 0.5) is 18.9 Å². The number of nitrogens with zero attached hydrogens (tertiary/aromatic N) is 4. The first-order chi connectivity index (χ1) is 14.2. The number of aromatic nitrogens is 2. The Bertz CT molecular complexity index is 930. The van der Waals surface area contributed by atoms with Gasteiger partial charge in [0.1, 0.15) is 16.8 Å². The van der Waals surface area contributed by atoms with Crippen molar-refractivity contribution in [3.05, 3.63) is 30.1 Å². The molecule has 3 heterocycles. The molecule has 6 nitrogen and oxygen atoms in total. The van der Waals surface area contributed by atoms with Crippen LogP contribution in [0.2, 0.25) is 0 Å². The molecule has 0 radical (unpaired) electrons. The number of carbonyl (C=O) groups is 1. The zero-order valence-electron chi connectivity index (χ0n) is 16.8. The van der Waals surface area contributed by atoms with Gasteiger partial charge in [-0.2, -0.15) is 13.2 Å². The summed E-state index contributed by atoms with van der Waals surface area (Å²) in [5, 5.41) is 9.36. The summed E-state index contributed by atoms with van der Waals surface area (Å²) in [5.41, 5.74) is -0.0744. The van der Waals surface area contributed by atoms with Crippen LogP contribution >= 0.6 is 0 Å². The number of fused-ring (bicyclic) bond motifs is 1. The largest absolute Gasteiger partial charge is 0.418 e. The monoisotopic (exact) mass is 422 g/mol. The molecule has 0 amide bonds. The number of anilines is 1. The van der Waals surface area contributed by atoms with Crippen molar-refractivity contribution in [1.82, 2.24) is 14.9 Å². The van der Waals surface area contributed by atoms with E-state index in [0.29, 0.717) is 50.7 Å². The van der Waals surface area contributed by atoms with Crippen molar-refractivity contribution in [3.8, 4) is 0 Å². The number of rotatable bonds is 5. The summed E-state index contributed by atoms with van der Waals surface area (Å²) >= 11 is 0. The lowest BCUT2D eigenvalue weighted by atomic mass is 9.86. The quantitative estimate of drug-likeness (QED) is 0.799. The van der Waals surface area contributed by atoms with Crippen LogP contribution < -0.4 is 4.90 Å². The predicted molar refractivity (Wildman–Crippen MR) is 106 cm³/mol. The topological polar surface area (TPSA) is 69.6 Å². The van der Waals surface area contributed by atoms with Gasteiger partial charge in [0.15, 0.2) is 0 Å². The molecular formula is C21H25F3N4O2. The van der Waals surface area contributed by atoms with Gasteiger partial charge in [-0.05, 0) is 30.4 Å². The molecule has 2 fully saturated rings. The molecule has 2 aromatic rings. The molecule has 2 saturated heterocycles. The third-order valence-corrected chi connectivity index (χ3v) is 5.85. The van der Waals surface area contributed by atoms with Gasteiger partial charge in [-0.25, -0.2) is 0 Å². The first-order valence-corrected chi connectivity index (χ1v) is 10.2. The van der Waals surface area contributed by atoms with E-state index in [4.69, 9.17) is 0 Å². The Balaban J connectivity index is 1.53. The number of Topliss-reactive ketones (excluding diaryl/α,β-unsaturated/α-hetero) is 1. The Labute approximate surface area is 172 Å². The molecule has 2 atom stereocenters. The van der Waals surface area contributed by atoms with Gasteiger partial charge in [0, 0.05) is 45.0 Å². The average molecular weight is 422 g/mol. The molecule has 4 rings (SSSR count). The van der Waals surface area contributed by atoms with Crippen molar-refractivity contribution in [2.24, 2.45) is 11.8 Å². The lowest BCUT2D eigenvalue weighted by molar-refractivity contribution is -0.136. The van der Waals surface area contributed by atoms with Crippen molar-refractivity contribution in [2.75, 3.05) is 37.6 Å². The number of β-amino-alcohol motifs (C(OH)–C–C–N with tert-alkyl or cyclic N) is 1. The standard InChI is InChI=1S/C21H25F3N4O2/c1-13-6-14(7-15(29)10-27-11-16(30)12-27)9-28(8-13)18-3-2-17(21(22,23)24)19-20(18)26-5-4-25-19/h2-5,13-14,16,30H,6-12H2,1H3/t13-,14-/m0/s1. The minimum absolute atomic E-state index is 0.126. The second-order valence-corrected chi connectivity index (χ2v) is 8.59. The number of halogens is 3. The van der Waals surface area contributed by atoms with Crippen LogP contribution in [-0.4, -0.2) is 64.6 Å². The van der Waals surface area contributed by atoms with E-state index in [0.717, 1.165) is 12.5 Å². The van der Waals surface area contributed by atoms with Gasteiger partial charge in [-0.3, -0.25) is 19.7 Å². The number of likely N-dealkylation sites (tertiary alicyclic amines) is 1. The second-order valence-electron chi connectivity index (χ2n) is 8.59. The van der Waals surface area contributed by atoms with E-state index < -0.39 is 11.7 Å². The molecule has 0 spiro atoms. The minimum atomic E-state index is -4.50. The average Bonchev–Trinajstić information content (AvgIpc) is 2.64. The Kier molecular flexibility index (Phi) is 5.67. The molecule has 2 aliphatic rings. The van der Waals surface area contributed by atoms with Crippen LogP contribution in [-0.2, 0) is 11.0 Å². The normalized spacial score (nSPS) is 23.6. The third kappa shape index (κ3) is 4.41. The number of hydrogen-bond acceptors (Lipinski definition) is 6. The number of alkyl halides is 3. The molecule has 0 aliphatic carbocycles. The predicted octanol–water partition coefficient (Wildman–Crippen LogP) is 2.75. The Morgan fingerprint density at radius 2 is 1.83 bits per heavy atom. The number of aliphatic hydroxyl groups excluding tert-OH is 1. The molecule has 30 heavy (non-hydrogen) atoms. The summed E-state index contributed by atoms with van der Waals surface area (Å²) in [6.45, 7) is 4.80. The van der Waals surface area contributed by atoms with E-state index in [1.165, 1.54) is 18.5 Å². The van der Waals surface area contributed by atoms with Gasteiger partial charge in [0.2, 0.25) is 0 Å². The molecule has 1 aromatic heterocycles. The Hall–Kier alpha value is -2.26. The summed E-state index contributed by atoms with van der Waals surface area (Å²) in [6.07, 6.45) is -0.832. The zero-order valence-corrected chi connectivity index (χ0v) is 16.8. The maximum atomic E-state index is 13.4. The molecule has 0 bridgehead atoms. The van der Waals surface area contributed by atoms with Gasteiger partial charge in [0.25, 0.3) is 0 Å². The number of benzene rings is 1. The minimum Gasteiger partial charge on any atom is -0.390 e. The van der Waals surface area contributed by atoms with Gasteiger partial charge in [-0.1, -0.05) is 6.92 Å². The SMILES string of the molecule is C[C@H]1C[C@@H](CC(=O)CN2CC(O)C2)CN(c2ccc(C(F)(F)F)c3nccnc23)C1. The van der Waals surface area contributed by atoms with E-state index >= 15 is 0 Å². The van der Waals surface area contributed by atoms with Gasteiger partial charge < -0.3 is 10.0 Å². The highest BCUT2D eigenvalue weighted by molar-refractivity contribution is 5.91. The summed E-state index contributed by atoms with van der Waals surface area (Å²) in [4.78, 5) is 24.6. The smallest absolute Gasteiger partial charge is 0.390 e. The molecule has 1 N–H and O–H groups in total. The highest BCUT2D eigenvalue weighted by Gasteiger charge is 2.35. The Morgan fingerprint density at radius 3 is 2.50 bits per heavy atom. The lowest BCUT2D eigenvalue weighted by Crippen LogP contribution is -2.52. The van der Waals surface area contributed by atoms with E-state index in [9.17, 15) is 23.1 Å². The number of piperidine rings is 1. The van der Waals surface area contributed by atoms with Crippen LogP contribution in [0, 0.1) is 11.8 Å². The number of ketones is 1. The van der Waals surface area contributed by atoms with Crippen molar-refractivity contribution in [2.45, 2.75) is 32.0 Å². The first kappa shape index (κ1) is 21.0. The summed E-state index contributed by atoms with van der Waals surface area (Å²) < 4.78 is 40.1. The first-order valence-electron chi connectivity index (χ1n) is 10.2. The van der Waals surface area contributed by atoms with Crippen LogP contribution in [0.3, 0.4) is 0 Å². The van der Waals surface area contributed by atoms with Crippen molar-refractivity contribution >= 4 is 22.5 Å². The highest BCUT2D eigenvalue weighted by Crippen LogP contribution is 2.38. The van der Waals surface area contributed by atoms with Crippen molar-refractivity contribution in [3.63, 3.8) is 0 Å². The van der Waals surface area contributed by atoms with Crippen LogP contribution in [0.5, 0.6) is 0 Å². The van der Waals surface area contributed by atoms with Gasteiger partial charge in [0.05, 0.1) is 23.9 Å². The third-order valence-electron chi connectivity index (χ3n) is 5.85. The molecule has 0 saturated carbocycles. The van der Waals surface area contributed by atoms with Crippen LogP contribution in [0.25, 0.3) is 11.0 Å². The number of aliphatic hydroxyl groups is 1. The van der Waals surface area contributed by atoms with Crippen molar-refractivity contribution < 1.29 is 23.1 Å². The summed E-state index contributed by atoms with van der Waals surface area (Å²) in [6, 6.07) is 2.54. The number of carbonyl (C=O) groups excluding carboxylic acids is 1. The molecular weight excluding hydrogens is 397 g/mol. The fourth-order valence-corrected chi connectivity index (χ4v) is 4.66. The van der Waals surface area contributed by atoms with Crippen molar-refractivity contribution in [1.29, 1.82) is 0 Å². The zero-order chi connectivity index (χ0) is 21.5. The Morgan fingerprint density at radius 1 is 1.13 bits per heavy atom. The molecule has 0 unspecified atom stereocenters. The molecule has 162 valence electrons. The number of hydrogen-bond donors (Lipinski definition) is 1. The second kappa shape index (κ2) is 8.11. The summed E-state index contributed by atoms with van der Waals surface area (Å²) in [7, 11) is 0. The summed E-state index contributed by atoms with van der Waals surface area (Å²) in [5.74, 6) is 0.566. The lowest BCUT2D eigenvalue weighted by Gasteiger charge is -2.39. The molecule has 9 heteroatoms.